The Bertz CT molecular complexity index is 1420. The SMILES string of the molecule is CC(C)n1cnnc1-c1cccc(NC(=O)Nc2nn(-c3ccccc3)c3ccccc23)n1. The molecule has 164 valence electrons. The molecule has 2 N–H and O–H groups in total. The highest BCUT2D eigenvalue weighted by Crippen LogP contribution is 2.26. The highest BCUT2D eigenvalue weighted by molar-refractivity contribution is 6.04. The zero-order valence-electron chi connectivity index (χ0n) is 18.2. The molecule has 9 nitrogen and oxygen atoms in total. The molecule has 0 bridgehead atoms. The van der Waals surface area contributed by atoms with E-state index in [1.54, 1.807) is 12.4 Å². The van der Waals surface area contributed by atoms with Gasteiger partial charge in [0.25, 0.3) is 0 Å². The summed E-state index contributed by atoms with van der Waals surface area (Å²) in [7, 11) is 0. The predicted octanol–water partition coefficient (Wildman–Crippen LogP) is 4.90. The number of urea groups is 1. The number of carbonyl (C=O) groups excluding carboxylic acids is 1. The van der Waals surface area contributed by atoms with Gasteiger partial charge in [-0.15, -0.1) is 15.3 Å². The minimum atomic E-state index is -0.437. The van der Waals surface area contributed by atoms with E-state index >= 15 is 0 Å². The number of nitrogens with one attached hydrogen (secondary N) is 2. The van der Waals surface area contributed by atoms with Gasteiger partial charge in [-0.2, -0.15) is 0 Å². The number of amides is 2. The second kappa shape index (κ2) is 8.54. The van der Waals surface area contributed by atoms with E-state index in [2.05, 4.69) is 30.9 Å². The fourth-order valence-electron chi connectivity index (χ4n) is 3.61. The second-order valence-electron chi connectivity index (χ2n) is 7.76. The van der Waals surface area contributed by atoms with Gasteiger partial charge in [0, 0.05) is 11.4 Å². The van der Waals surface area contributed by atoms with Gasteiger partial charge in [-0.3, -0.25) is 10.6 Å². The van der Waals surface area contributed by atoms with E-state index in [0.717, 1.165) is 16.6 Å². The minimum absolute atomic E-state index is 0.185. The largest absolute Gasteiger partial charge is 0.326 e. The van der Waals surface area contributed by atoms with Crippen molar-refractivity contribution in [2.45, 2.75) is 19.9 Å². The molecule has 0 fully saturated rings. The first-order chi connectivity index (χ1) is 16.1. The monoisotopic (exact) mass is 438 g/mol. The molecule has 0 aliphatic carbocycles. The molecule has 0 aliphatic rings. The van der Waals surface area contributed by atoms with Crippen molar-refractivity contribution in [3.8, 4) is 17.2 Å². The van der Waals surface area contributed by atoms with E-state index < -0.39 is 6.03 Å². The van der Waals surface area contributed by atoms with Crippen LogP contribution >= 0.6 is 0 Å². The zero-order valence-corrected chi connectivity index (χ0v) is 18.2. The number of para-hydroxylation sites is 2. The smallest absolute Gasteiger partial charge is 0.310 e. The third-order valence-electron chi connectivity index (χ3n) is 5.17. The quantitative estimate of drug-likeness (QED) is 0.406. The van der Waals surface area contributed by atoms with Gasteiger partial charge in [-0.25, -0.2) is 14.5 Å². The van der Waals surface area contributed by atoms with E-state index in [1.807, 2.05) is 89.8 Å². The van der Waals surface area contributed by atoms with Crippen LogP contribution in [0.25, 0.3) is 28.1 Å². The minimum Gasteiger partial charge on any atom is -0.310 e. The number of rotatable bonds is 5. The number of nitrogens with zero attached hydrogens (tertiary/aromatic N) is 6. The maximum absolute atomic E-state index is 12.8. The molecule has 5 rings (SSSR count). The van der Waals surface area contributed by atoms with Crippen molar-refractivity contribution in [2.24, 2.45) is 0 Å². The Balaban J connectivity index is 1.40. The van der Waals surface area contributed by atoms with Crippen LogP contribution in [-0.4, -0.2) is 35.6 Å². The van der Waals surface area contributed by atoms with E-state index in [-0.39, 0.29) is 6.04 Å². The maximum atomic E-state index is 12.8. The molecular weight excluding hydrogens is 416 g/mol. The van der Waals surface area contributed by atoms with E-state index in [4.69, 9.17) is 0 Å². The van der Waals surface area contributed by atoms with Gasteiger partial charge in [-0.1, -0.05) is 36.4 Å². The maximum Gasteiger partial charge on any atom is 0.326 e. The summed E-state index contributed by atoms with van der Waals surface area (Å²) in [5.41, 5.74) is 2.43. The van der Waals surface area contributed by atoms with Gasteiger partial charge in [0.15, 0.2) is 11.6 Å². The number of fused-ring (bicyclic) bond motifs is 1. The average Bonchev–Trinajstić information content (AvgIpc) is 3.46. The molecule has 0 aliphatic heterocycles. The molecule has 3 heterocycles. The molecule has 5 aromatic rings. The fourth-order valence-corrected chi connectivity index (χ4v) is 3.61. The van der Waals surface area contributed by atoms with Crippen molar-refractivity contribution in [3.05, 3.63) is 79.1 Å². The lowest BCUT2D eigenvalue weighted by Crippen LogP contribution is -2.20. The number of anilines is 2. The summed E-state index contributed by atoms with van der Waals surface area (Å²) in [6.45, 7) is 4.09. The van der Waals surface area contributed by atoms with Crippen LogP contribution in [0.15, 0.2) is 79.1 Å². The number of benzene rings is 2. The standard InChI is InChI=1S/C24H22N8O/c1-16(2)31-15-25-29-23(31)19-12-8-14-21(26-19)27-24(33)28-22-18-11-6-7-13-20(18)32(30-22)17-9-4-3-5-10-17/h3-16H,1-2H3,(H2,26,27,28,30,33). The van der Waals surface area contributed by atoms with Crippen molar-refractivity contribution >= 4 is 28.6 Å². The summed E-state index contributed by atoms with van der Waals surface area (Å²) in [5, 5.41) is 19.3. The Morgan fingerprint density at radius 3 is 2.52 bits per heavy atom. The van der Waals surface area contributed by atoms with E-state index in [9.17, 15) is 4.79 Å². The van der Waals surface area contributed by atoms with Crippen molar-refractivity contribution in [2.75, 3.05) is 10.6 Å². The summed E-state index contributed by atoms with van der Waals surface area (Å²) < 4.78 is 3.73. The van der Waals surface area contributed by atoms with Crippen molar-refractivity contribution in [1.29, 1.82) is 0 Å². The molecule has 0 spiro atoms. The molecule has 9 heteroatoms. The van der Waals surface area contributed by atoms with Crippen LogP contribution in [0.4, 0.5) is 16.4 Å². The van der Waals surface area contributed by atoms with Crippen LogP contribution in [0.3, 0.4) is 0 Å². The lowest BCUT2D eigenvalue weighted by Gasteiger charge is -2.10. The van der Waals surface area contributed by atoms with Crippen molar-refractivity contribution in [3.63, 3.8) is 0 Å². The Hall–Kier alpha value is -4.53. The highest BCUT2D eigenvalue weighted by Gasteiger charge is 2.15. The van der Waals surface area contributed by atoms with Gasteiger partial charge in [0.1, 0.15) is 17.8 Å². The fraction of sp³-hybridized carbons (Fsp3) is 0.125. The van der Waals surface area contributed by atoms with E-state index in [1.165, 1.54) is 0 Å². The van der Waals surface area contributed by atoms with Gasteiger partial charge in [0.05, 0.1) is 11.2 Å². The molecule has 2 amide bonds. The molecular formula is C24H22N8O. The first kappa shape index (κ1) is 20.4. The van der Waals surface area contributed by atoms with Crippen LogP contribution < -0.4 is 10.6 Å². The molecule has 3 aromatic heterocycles. The molecule has 0 radical (unpaired) electrons. The summed E-state index contributed by atoms with van der Waals surface area (Å²) >= 11 is 0. The van der Waals surface area contributed by atoms with Gasteiger partial charge in [0.2, 0.25) is 0 Å². The predicted molar refractivity (Wildman–Crippen MR) is 127 cm³/mol. The normalized spacial score (nSPS) is 11.1. The first-order valence-corrected chi connectivity index (χ1v) is 10.6. The highest BCUT2D eigenvalue weighted by atomic mass is 16.2. The van der Waals surface area contributed by atoms with E-state index in [0.29, 0.717) is 23.2 Å². The average molecular weight is 438 g/mol. The van der Waals surface area contributed by atoms with Crippen molar-refractivity contribution < 1.29 is 4.79 Å². The lowest BCUT2D eigenvalue weighted by molar-refractivity contribution is 0.262. The topological polar surface area (TPSA) is 103 Å². The summed E-state index contributed by atoms with van der Waals surface area (Å²) in [5.74, 6) is 1.50. The summed E-state index contributed by atoms with van der Waals surface area (Å²) in [4.78, 5) is 17.3. The number of pyridine rings is 1. The molecule has 33 heavy (non-hydrogen) atoms. The van der Waals surface area contributed by atoms with Crippen LogP contribution in [0.2, 0.25) is 0 Å². The summed E-state index contributed by atoms with van der Waals surface area (Å²) in [6.07, 6.45) is 1.67. The molecule has 2 aromatic carbocycles. The van der Waals surface area contributed by atoms with Crippen LogP contribution in [-0.2, 0) is 0 Å². The van der Waals surface area contributed by atoms with Crippen LogP contribution in [0.1, 0.15) is 19.9 Å². The Morgan fingerprint density at radius 1 is 0.909 bits per heavy atom. The summed E-state index contributed by atoms with van der Waals surface area (Å²) in [6, 6.07) is 22.7. The van der Waals surface area contributed by atoms with Crippen molar-refractivity contribution in [1.82, 2.24) is 29.5 Å². The molecule has 0 saturated carbocycles. The Morgan fingerprint density at radius 2 is 1.70 bits per heavy atom. The number of hydrogen-bond acceptors (Lipinski definition) is 5. The lowest BCUT2D eigenvalue weighted by atomic mass is 10.2. The van der Waals surface area contributed by atoms with Gasteiger partial charge in [-0.05, 0) is 50.2 Å². The Labute approximate surface area is 190 Å². The molecule has 0 saturated heterocycles. The second-order valence-corrected chi connectivity index (χ2v) is 7.76. The van der Waals surface area contributed by atoms with Crippen LogP contribution in [0.5, 0.6) is 0 Å². The van der Waals surface area contributed by atoms with Gasteiger partial charge >= 0.3 is 6.03 Å². The third-order valence-corrected chi connectivity index (χ3v) is 5.17. The molecule has 0 atom stereocenters. The number of carbonyl (C=O) groups is 1. The number of aromatic nitrogens is 6. The third kappa shape index (κ3) is 4.03. The number of hydrogen-bond donors (Lipinski definition) is 2. The molecule has 0 unspecified atom stereocenters. The van der Waals surface area contributed by atoms with Crippen LogP contribution in [0, 0.1) is 0 Å². The van der Waals surface area contributed by atoms with Gasteiger partial charge < -0.3 is 4.57 Å². The zero-order chi connectivity index (χ0) is 22.8. The first-order valence-electron chi connectivity index (χ1n) is 10.6. The Kier molecular flexibility index (Phi) is 5.27.